The maximum atomic E-state index is 12.4. The monoisotopic (exact) mass is 315 g/mol. The Labute approximate surface area is 120 Å². The van der Waals surface area contributed by atoms with Crippen molar-refractivity contribution in [3.63, 3.8) is 0 Å². The minimum atomic E-state index is -3.97. The van der Waals surface area contributed by atoms with Crippen molar-refractivity contribution in [1.82, 2.24) is 4.31 Å². The van der Waals surface area contributed by atoms with Crippen LogP contribution < -0.4 is 0 Å². The maximum absolute atomic E-state index is 12.4. The zero-order valence-electron chi connectivity index (χ0n) is 10.9. The van der Waals surface area contributed by atoms with Gasteiger partial charge in [-0.15, -0.1) is 0 Å². The summed E-state index contributed by atoms with van der Waals surface area (Å²) >= 11 is 1.43. The summed E-state index contributed by atoms with van der Waals surface area (Å²) < 4.78 is 25.6. The Bertz CT molecular complexity index is 683. The van der Waals surface area contributed by atoms with Gasteiger partial charge in [-0.1, -0.05) is 0 Å². The summed E-state index contributed by atoms with van der Waals surface area (Å²) in [5.41, 5.74) is -0.123. The van der Waals surface area contributed by atoms with E-state index in [9.17, 15) is 18.0 Å². The van der Waals surface area contributed by atoms with Crippen LogP contribution in [-0.2, 0) is 10.0 Å². The van der Waals surface area contributed by atoms with Crippen LogP contribution in [0.4, 0.5) is 0 Å². The van der Waals surface area contributed by atoms with E-state index < -0.39 is 27.9 Å². The molecule has 6 nitrogen and oxygen atoms in total. The summed E-state index contributed by atoms with van der Waals surface area (Å²) in [6.07, 6.45) is 1.82. The van der Waals surface area contributed by atoms with Crippen LogP contribution in [-0.4, -0.2) is 47.8 Å². The lowest BCUT2D eigenvalue weighted by Gasteiger charge is -2.22. The van der Waals surface area contributed by atoms with Crippen molar-refractivity contribution in [2.24, 2.45) is 0 Å². The largest absolute Gasteiger partial charge is 0.478 e. The molecule has 1 N–H and O–H groups in total. The zero-order valence-corrected chi connectivity index (χ0v) is 12.5. The first-order valence-corrected chi connectivity index (χ1v) is 8.59. The van der Waals surface area contributed by atoms with Crippen LogP contribution in [0.15, 0.2) is 23.1 Å². The Balaban J connectivity index is 2.56. The van der Waals surface area contributed by atoms with Gasteiger partial charge in [0.1, 0.15) is 4.90 Å². The van der Waals surface area contributed by atoms with E-state index in [0.717, 1.165) is 10.4 Å². The van der Waals surface area contributed by atoms with E-state index in [0.29, 0.717) is 5.75 Å². The summed E-state index contributed by atoms with van der Waals surface area (Å²) in [5.74, 6) is -1.35. The quantitative estimate of drug-likeness (QED) is 0.900. The van der Waals surface area contributed by atoms with Crippen molar-refractivity contribution < 1.29 is 23.1 Å². The van der Waals surface area contributed by atoms with Crippen molar-refractivity contribution in [3.8, 4) is 0 Å². The molecule has 8 heteroatoms. The number of aromatic carboxylic acids is 1. The maximum Gasteiger partial charge on any atom is 0.335 e. The first kappa shape index (κ1) is 14.9. The first-order valence-electron chi connectivity index (χ1n) is 5.75. The molecular weight excluding hydrogens is 302 g/mol. The smallest absolute Gasteiger partial charge is 0.335 e. The first-order chi connectivity index (χ1) is 9.30. The van der Waals surface area contributed by atoms with Crippen molar-refractivity contribution in [1.29, 1.82) is 0 Å². The van der Waals surface area contributed by atoms with Gasteiger partial charge in [-0.25, -0.2) is 17.5 Å². The Morgan fingerprint density at radius 2 is 2.10 bits per heavy atom. The number of carbonyl (C=O) groups is 2. The van der Waals surface area contributed by atoms with E-state index in [4.69, 9.17) is 5.11 Å². The minimum Gasteiger partial charge on any atom is -0.478 e. The van der Waals surface area contributed by atoms with Gasteiger partial charge in [0.15, 0.2) is 0 Å². The Morgan fingerprint density at radius 1 is 1.45 bits per heavy atom. The molecule has 0 fully saturated rings. The summed E-state index contributed by atoms with van der Waals surface area (Å²) in [7, 11) is -3.97. The van der Waals surface area contributed by atoms with Gasteiger partial charge in [0, 0.05) is 5.75 Å². The number of carboxylic acid groups (broad SMARTS) is 1. The molecule has 1 heterocycles. The lowest BCUT2D eigenvalue weighted by Crippen LogP contribution is -2.39. The van der Waals surface area contributed by atoms with Crippen molar-refractivity contribution in [2.75, 3.05) is 12.0 Å². The lowest BCUT2D eigenvalue weighted by atomic mass is 10.1. The minimum absolute atomic E-state index is 0.0305. The van der Waals surface area contributed by atoms with Crippen LogP contribution in [0.25, 0.3) is 0 Å². The number of sulfonamides is 1. The number of carbonyl (C=O) groups excluding carboxylic acids is 1. The fourth-order valence-corrected chi connectivity index (χ4v) is 4.64. The van der Waals surface area contributed by atoms with Gasteiger partial charge < -0.3 is 5.11 Å². The number of amides is 1. The van der Waals surface area contributed by atoms with Crippen LogP contribution in [0.3, 0.4) is 0 Å². The molecule has 2 rings (SSSR count). The highest BCUT2D eigenvalue weighted by Crippen LogP contribution is 2.33. The fraction of sp³-hybridized carbons (Fsp3) is 0.333. The van der Waals surface area contributed by atoms with E-state index in [-0.39, 0.29) is 16.0 Å². The van der Waals surface area contributed by atoms with Gasteiger partial charge in [-0.3, -0.25) is 4.79 Å². The molecule has 1 unspecified atom stereocenters. The van der Waals surface area contributed by atoms with E-state index >= 15 is 0 Å². The second-order valence-corrected chi connectivity index (χ2v) is 7.12. The molecule has 1 aliphatic rings. The Hall–Kier alpha value is -1.54. The number of hydrogen-bond donors (Lipinski definition) is 1. The molecular formula is C12H13NO5S2. The highest BCUT2D eigenvalue weighted by Gasteiger charge is 2.43. The van der Waals surface area contributed by atoms with E-state index in [2.05, 4.69) is 0 Å². The van der Waals surface area contributed by atoms with Gasteiger partial charge in [0.05, 0.1) is 17.2 Å². The van der Waals surface area contributed by atoms with Gasteiger partial charge in [0.25, 0.3) is 15.9 Å². The van der Waals surface area contributed by atoms with Crippen LogP contribution in [0.1, 0.15) is 27.6 Å². The SMILES string of the molecule is CSCC(C)N1C(=O)c2ccc(C(=O)O)cc2S1(=O)=O. The topological polar surface area (TPSA) is 91.8 Å². The molecule has 0 saturated carbocycles. The molecule has 0 spiro atoms. The number of nitrogens with zero attached hydrogens (tertiary/aromatic N) is 1. The molecule has 1 aliphatic heterocycles. The third-order valence-electron chi connectivity index (χ3n) is 3.00. The molecule has 1 amide bonds. The molecule has 108 valence electrons. The van der Waals surface area contributed by atoms with Crippen LogP contribution in [0, 0.1) is 0 Å². The summed E-state index contributed by atoms with van der Waals surface area (Å²) in [5, 5.41) is 8.91. The van der Waals surface area contributed by atoms with E-state index in [1.807, 2.05) is 6.26 Å². The Morgan fingerprint density at radius 3 is 2.65 bits per heavy atom. The highest BCUT2D eigenvalue weighted by molar-refractivity contribution is 7.98. The van der Waals surface area contributed by atoms with E-state index in [1.54, 1.807) is 6.92 Å². The Kier molecular flexibility index (Phi) is 3.79. The average molecular weight is 315 g/mol. The molecule has 0 saturated heterocycles. The molecule has 0 aliphatic carbocycles. The second kappa shape index (κ2) is 5.10. The van der Waals surface area contributed by atoms with Crippen LogP contribution >= 0.6 is 11.8 Å². The van der Waals surface area contributed by atoms with Gasteiger partial charge in [-0.05, 0) is 31.4 Å². The van der Waals surface area contributed by atoms with Gasteiger partial charge in [-0.2, -0.15) is 11.8 Å². The summed E-state index contributed by atoms with van der Waals surface area (Å²) in [6.45, 7) is 1.65. The molecule has 1 aromatic rings. The number of benzene rings is 1. The standard InChI is InChI=1S/C12H13NO5S2/c1-7(6-19-2)13-11(14)9-4-3-8(12(15)16)5-10(9)20(13,17)18/h3-5,7H,6H2,1-2H3,(H,15,16). The third-order valence-corrected chi connectivity index (χ3v) is 5.76. The molecule has 1 atom stereocenters. The third kappa shape index (κ3) is 2.18. The number of hydrogen-bond acceptors (Lipinski definition) is 5. The normalized spacial score (nSPS) is 17.9. The molecule has 0 aromatic heterocycles. The molecule has 20 heavy (non-hydrogen) atoms. The van der Waals surface area contributed by atoms with E-state index in [1.165, 1.54) is 23.9 Å². The molecule has 0 bridgehead atoms. The number of thioether (sulfide) groups is 1. The van der Waals surface area contributed by atoms with Gasteiger partial charge >= 0.3 is 5.97 Å². The van der Waals surface area contributed by atoms with Crippen molar-refractivity contribution in [3.05, 3.63) is 29.3 Å². The number of carboxylic acids is 1. The van der Waals surface area contributed by atoms with Gasteiger partial charge in [0.2, 0.25) is 0 Å². The number of rotatable bonds is 4. The predicted molar refractivity (Wildman–Crippen MR) is 74.6 cm³/mol. The number of fused-ring (bicyclic) bond motifs is 1. The predicted octanol–water partition coefficient (Wildman–Crippen LogP) is 1.28. The zero-order chi connectivity index (χ0) is 15.1. The second-order valence-electron chi connectivity index (χ2n) is 4.43. The van der Waals surface area contributed by atoms with Crippen LogP contribution in [0.2, 0.25) is 0 Å². The molecule has 1 aromatic carbocycles. The molecule has 0 radical (unpaired) electrons. The highest BCUT2D eigenvalue weighted by atomic mass is 32.2. The summed E-state index contributed by atoms with van der Waals surface area (Å²) in [6, 6.07) is 3.04. The van der Waals surface area contributed by atoms with Crippen molar-refractivity contribution in [2.45, 2.75) is 17.9 Å². The van der Waals surface area contributed by atoms with Crippen molar-refractivity contribution >= 4 is 33.7 Å². The fourth-order valence-electron chi connectivity index (χ4n) is 2.13. The summed E-state index contributed by atoms with van der Waals surface area (Å²) in [4.78, 5) is 22.9. The van der Waals surface area contributed by atoms with Crippen LogP contribution in [0.5, 0.6) is 0 Å². The average Bonchev–Trinajstić information content (AvgIpc) is 2.57. The lowest BCUT2D eigenvalue weighted by molar-refractivity contribution is 0.0695.